The van der Waals surface area contributed by atoms with Crippen LogP contribution in [0.4, 0.5) is 15.8 Å². The number of aryl methyl sites for hydroxylation is 1. The van der Waals surface area contributed by atoms with Crippen LogP contribution in [0.2, 0.25) is 0 Å². The maximum Gasteiger partial charge on any atom is 0.279 e. The molecule has 0 saturated carbocycles. The third kappa shape index (κ3) is 2.45. The Morgan fingerprint density at radius 1 is 1.33 bits per heavy atom. The lowest BCUT2D eigenvalue weighted by Crippen LogP contribution is -2.35. The third-order valence-corrected chi connectivity index (χ3v) is 3.46. The number of hydrogen-bond acceptors (Lipinski definition) is 4. The highest BCUT2D eigenvalue weighted by Gasteiger charge is 2.26. The number of anilines is 2. The van der Waals surface area contributed by atoms with Crippen molar-refractivity contribution in [1.29, 1.82) is 0 Å². The molecule has 2 N–H and O–H groups in total. The molecular formula is C15H14FN3O2. The van der Waals surface area contributed by atoms with Crippen LogP contribution >= 0.6 is 0 Å². The summed E-state index contributed by atoms with van der Waals surface area (Å²) in [5.41, 5.74) is 2.53. The van der Waals surface area contributed by atoms with Gasteiger partial charge in [0.15, 0.2) is 0 Å². The number of fused-ring (bicyclic) bond motifs is 1. The van der Waals surface area contributed by atoms with Crippen LogP contribution in [0.15, 0.2) is 30.6 Å². The summed E-state index contributed by atoms with van der Waals surface area (Å²) in [6, 6.07) is 4.79. The minimum absolute atomic E-state index is 0.232. The van der Waals surface area contributed by atoms with Crippen molar-refractivity contribution in [1.82, 2.24) is 10.0 Å². The normalized spacial score (nSPS) is 14.0. The standard InChI is InChI=1S/C15H14FN3O2/c1-9-2-3-12(11(16)6-9)18-13-8-17-7-10-4-5-19(21)15(20)14(10)13/h2-3,6-8,18,21H,4-5H2,1H3. The van der Waals surface area contributed by atoms with Gasteiger partial charge in [-0.25, -0.2) is 9.45 Å². The lowest BCUT2D eigenvalue weighted by molar-refractivity contribution is -0.0601. The van der Waals surface area contributed by atoms with E-state index in [4.69, 9.17) is 0 Å². The lowest BCUT2D eigenvalue weighted by atomic mass is 10.0. The zero-order chi connectivity index (χ0) is 15.0. The number of amides is 1. The summed E-state index contributed by atoms with van der Waals surface area (Å²) in [4.78, 5) is 16.1. The number of carbonyl (C=O) groups excluding carboxylic acids is 1. The van der Waals surface area contributed by atoms with Crippen LogP contribution in [0, 0.1) is 12.7 Å². The number of nitrogens with zero attached hydrogens (tertiary/aromatic N) is 2. The van der Waals surface area contributed by atoms with E-state index < -0.39 is 11.7 Å². The number of benzene rings is 1. The molecule has 1 amide bonds. The van der Waals surface area contributed by atoms with Crippen molar-refractivity contribution in [2.45, 2.75) is 13.3 Å². The first kappa shape index (κ1) is 13.5. The number of pyridine rings is 1. The van der Waals surface area contributed by atoms with E-state index in [-0.39, 0.29) is 12.2 Å². The summed E-state index contributed by atoms with van der Waals surface area (Å²) in [5.74, 6) is -0.912. The molecule has 0 atom stereocenters. The summed E-state index contributed by atoms with van der Waals surface area (Å²) in [5, 5.41) is 13.1. The van der Waals surface area contributed by atoms with Crippen molar-refractivity contribution in [3.8, 4) is 0 Å². The Hall–Kier alpha value is -2.47. The third-order valence-electron chi connectivity index (χ3n) is 3.46. The van der Waals surface area contributed by atoms with Crippen LogP contribution in [-0.4, -0.2) is 27.7 Å². The highest BCUT2D eigenvalue weighted by Crippen LogP contribution is 2.28. The van der Waals surface area contributed by atoms with E-state index in [1.807, 2.05) is 0 Å². The molecule has 0 spiro atoms. The van der Waals surface area contributed by atoms with Crippen LogP contribution in [0.3, 0.4) is 0 Å². The fourth-order valence-electron chi connectivity index (χ4n) is 2.36. The molecule has 3 rings (SSSR count). The van der Waals surface area contributed by atoms with Crippen LogP contribution in [-0.2, 0) is 6.42 Å². The molecule has 1 aliphatic rings. The predicted molar refractivity (Wildman–Crippen MR) is 75.2 cm³/mol. The molecule has 0 unspecified atom stereocenters. The van der Waals surface area contributed by atoms with Crippen molar-refractivity contribution in [3.63, 3.8) is 0 Å². The fraction of sp³-hybridized carbons (Fsp3) is 0.200. The van der Waals surface area contributed by atoms with Crippen LogP contribution in [0.1, 0.15) is 21.5 Å². The second-order valence-electron chi connectivity index (χ2n) is 5.01. The molecule has 2 heterocycles. The molecule has 0 radical (unpaired) electrons. The second-order valence-corrected chi connectivity index (χ2v) is 5.01. The number of hydroxylamine groups is 2. The largest absolute Gasteiger partial charge is 0.351 e. The molecule has 0 aliphatic carbocycles. The lowest BCUT2D eigenvalue weighted by Gasteiger charge is -2.24. The van der Waals surface area contributed by atoms with Gasteiger partial charge in [0, 0.05) is 6.20 Å². The summed E-state index contributed by atoms with van der Waals surface area (Å²) >= 11 is 0. The minimum Gasteiger partial charge on any atom is -0.351 e. The first-order valence-corrected chi connectivity index (χ1v) is 6.57. The molecule has 0 fully saturated rings. The van der Waals surface area contributed by atoms with E-state index in [2.05, 4.69) is 10.3 Å². The van der Waals surface area contributed by atoms with Crippen molar-refractivity contribution in [2.24, 2.45) is 0 Å². The molecule has 0 saturated heterocycles. The van der Waals surface area contributed by atoms with Crippen LogP contribution in [0.5, 0.6) is 0 Å². The molecule has 6 heteroatoms. The van der Waals surface area contributed by atoms with Gasteiger partial charge in [0.25, 0.3) is 5.91 Å². The van der Waals surface area contributed by atoms with E-state index in [0.717, 1.165) is 11.1 Å². The molecule has 0 bridgehead atoms. The average Bonchev–Trinajstić information content (AvgIpc) is 2.46. The van der Waals surface area contributed by atoms with E-state index >= 15 is 0 Å². The Bertz CT molecular complexity index is 718. The van der Waals surface area contributed by atoms with Gasteiger partial charge in [0.05, 0.1) is 29.7 Å². The number of nitrogens with one attached hydrogen (secondary N) is 1. The highest BCUT2D eigenvalue weighted by molar-refractivity contribution is 6.01. The van der Waals surface area contributed by atoms with Gasteiger partial charge in [-0.15, -0.1) is 0 Å². The Morgan fingerprint density at radius 3 is 2.90 bits per heavy atom. The SMILES string of the molecule is Cc1ccc(Nc2cncc3c2C(=O)N(O)CC3)c(F)c1. The van der Waals surface area contributed by atoms with E-state index in [9.17, 15) is 14.4 Å². The van der Waals surface area contributed by atoms with E-state index in [1.54, 1.807) is 25.3 Å². The number of hydrogen-bond donors (Lipinski definition) is 2. The molecular weight excluding hydrogens is 273 g/mol. The van der Waals surface area contributed by atoms with Gasteiger partial charge in [-0.05, 0) is 36.6 Å². The summed E-state index contributed by atoms with van der Waals surface area (Å²) < 4.78 is 13.9. The van der Waals surface area contributed by atoms with Gasteiger partial charge < -0.3 is 5.32 Å². The molecule has 1 aliphatic heterocycles. The van der Waals surface area contributed by atoms with Gasteiger partial charge in [-0.1, -0.05) is 6.07 Å². The first-order chi connectivity index (χ1) is 10.1. The zero-order valence-electron chi connectivity index (χ0n) is 11.4. The summed E-state index contributed by atoms with van der Waals surface area (Å²) in [6.45, 7) is 2.03. The van der Waals surface area contributed by atoms with Gasteiger partial charge in [0.2, 0.25) is 0 Å². The molecule has 1 aromatic heterocycles. The van der Waals surface area contributed by atoms with Crippen molar-refractivity contribution >= 4 is 17.3 Å². The van der Waals surface area contributed by atoms with Crippen molar-refractivity contribution in [3.05, 3.63) is 53.1 Å². The Labute approximate surface area is 121 Å². The van der Waals surface area contributed by atoms with Gasteiger partial charge >= 0.3 is 0 Å². The molecule has 5 nitrogen and oxygen atoms in total. The van der Waals surface area contributed by atoms with Gasteiger partial charge in [-0.3, -0.25) is 15.0 Å². The summed E-state index contributed by atoms with van der Waals surface area (Å²) in [7, 11) is 0. The molecule has 108 valence electrons. The summed E-state index contributed by atoms with van der Waals surface area (Å²) in [6.07, 6.45) is 3.56. The van der Waals surface area contributed by atoms with Crippen molar-refractivity contribution < 1.29 is 14.4 Å². The van der Waals surface area contributed by atoms with E-state index in [1.165, 1.54) is 12.3 Å². The number of rotatable bonds is 2. The topological polar surface area (TPSA) is 65.5 Å². The number of aromatic nitrogens is 1. The number of halogens is 1. The molecule has 1 aromatic carbocycles. The quantitative estimate of drug-likeness (QED) is 0.833. The minimum atomic E-state index is -0.506. The molecule has 21 heavy (non-hydrogen) atoms. The Kier molecular flexibility index (Phi) is 3.31. The smallest absolute Gasteiger partial charge is 0.279 e. The fourth-order valence-corrected chi connectivity index (χ4v) is 2.36. The Morgan fingerprint density at radius 2 is 2.14 bits per heavy atom. The highest BCUT2D eigenvalue weighted by atomic mass is 19.1. The van der Waals surface area contributed by atoms with Crippen LogP contribution in [0.25, 0.3) is 0 Å². The molecule has 2 aromatic rings. The average molecular weight is 287 g/mol. The van der Waals surface area contributed by atoms with Gasteiger partial charge in [-0.2, -0.15) is 0 Å². The second kappa shape index (κ2) is 5.14. The van der Waals surface area contributed by atoms with Crippen LogP contribution < -0.4 is 5.32 Å². The maximum absolute atomic E-state index is 13.9. The monoisotopic (exact) mass is 287 g/mol. The number of carbonyl (C=O) groups is 1. The Balaban J connectivity index is 2.02. The van der Waals surface area contributed by atoms with Gasteiger partial charge in [0.1, 0.15) is 5.82 Å². The van der Waals surface area contributed by atoms with E-state index in [0.29, 0.717) is 22.7 Å². The zero-order valence-corrected chi connectivity index (χ0v) is 11.4. The maximum atomic E-state index is 13.9. The predicted octanol–water partition coefficient (Wildman–Crippen LogP) is 2.66. The first-order valence-electron chi connectivity index (χ1n) is 6.57. The van der Waals surface area contributed by atoms with Crippen molar-refractivity contribution in [2.75, 3.05) is 11.9 Å².